The molecule has 4 rings (SSSR count). The summed E-state index contributed by atoms with van der Waals surface area (Å²) in [6.07, 6.45) is 4.83. The standard InChI is InChI=1S/C18H26N4O3/c1-18(2)13-14-11-16(22-4-3-21(19-22)5-8-23)15(12-17(14)25-18)20-6-9-24-10-7-20/h3-4,11-12,19,23H,5-10,13H2,1-2H3. The highest BCUT2D eigenvalue weighted by Crippen LogP contribution is 2.43. The highest BCUT2D eigenvalue weighted by molar-refractivity contribution is 5.76. The first-order valence-corrected chi connectivity index (χ1v) is 8.86. The molecule has 0 saturated carbocycles. The molecule has 0 atom stereocenters. The molecule has 0 amide bonds. The van der Waals surface area contributed by atoms with E-state index in [1.54, 1.807) is 0 Å². The summed E-state index contributed by atoms with van der Waals surface area (Å²) >= 11 is 0. The molecular formula is C18H26N4O3. The molecule has 0 unspecified atom stereocenters. The van der Waals surface area contributed by atoms with Crippen molar-refractivity contribution in [3.63, 3.8) is 0 Å². The fourth-order valence-electron chi connectivity index (χ4n) is 3.60. The predicted octanol–water partition coefficient (Wildman–Crippen LogP) is 1.24. The van der Waals surface area contributed by atoms with Gasteiger partial charge in [-0.2, -0.15) is 0 Å². The van der Waals surface area contributed by atoms with E-state index < -0.39 is 0 Å². The highest BCUT2D eigenvalue weighted by atomic mass is 16.5. The molecule has 1 saturated heterocycles. The van der Waals surface area contributed by atoms with Crippen LogP contribution in [0.15, 0.2) is 24.5 Å². The summed E-state index contributed by atoms with van der Waals surface area (Å²) in [7, 11) is 0. The Morgan fingerprint density at radius 3 is 2.72 bits per heavy atom. The lowest BCUT2D eigenvalue weighted by Crippen LogP contribution is -2.42. The van der Waals surface area contributed by atoms with E-state index in [4.69, 9.17) is 14.6 Å². The monoisotopic (exact) mass is 346 g/mol. The van der Waals surface area contributed by atoms with E-state index in [1.807, 2.05) is 22.4 Å². The van der Waals surface area contributed by atoms with Gasteiger partial charge in [0.25, 0.3) is 0 Å². The minimum Gasteiger partial charge on any atom is -0.487 e. The van der Waals surface area contributed by atoms with E-state index in [0.29, 0.717) is 6.54 Å². The zero-order valence-corrected chi connectivity index (χ0v) is 14.9. The summed E-state index contributed by atoms with van der Waals surface area (Å²) < 4.78 is 11.7. The average Bonchev–Trinajstić information content (AvgIpc) is 3.17. The van der Waals surface area contributed by atoms with Gasteiger partial charge in [0.1, 0.15) is 11.4 Å². The normalized spacial score (nSPS) is 21.6. The fraction of sp³-hybridized carbons (Fsp3) is 0.556. The first-order chi connectivity index (χ1) is 12.1. The zero-order valence-electron chi connectivity index (χ0n) is 14.9. The SMILES string of the molecule is CC1(C)Cc2cc(N3C=CN(CCO)N3)c(N3CCOCC3)cc2O1. The summed E-state index contributed by atoms with van der Waals surface area (Å²) in [6.45, 7) is 8.11. The van der Waals surface area contributed by atoms with Gasteiger partial charge in [-0.25, -0.2) is 0 Å². The zero-order chi connectivity index (χ0) is 17.4. The number of hydrogen-bond acceptors (Lipinski definition) is 7. The lowest BCUT2D eigenvalue weighted by molar-refractivity contribution is 0.122. The molecule has 25 heavy (non-hydrogen) atoms. The Labute approximate surface area is 148 Å². The van der Waals surface area contributed by atoms with Crippen molar-refractivity contribution in [2.24, 2.45) is 0 Å². The number of hydrazine groups is 2. The summed E-state index contributed by atoms with van der Waals surface area (Å²) in [5.74, 6) is 0.977. The third-order valence-electron chi connectivity index (χ3n) is 4.74. The van der Waals surface area contributed by atoms with Crippen molar-refractivity contribution in [2.75, 3.05) is 49.4 Å². The molecule has 0 radical (unpaired) electrons. The van der Waals surface area contributed by atoms with Crippen LogP contribution in [0.4, 0.5) is 11.4 Å². The van der Waals surface area contributed by atoms with Crippen LogP contribution in [0, 0.1) is 0 Å². The maximum atomic E-state index is 9.15. The van der Waals surface area contributed by atoms with Gasteiger partial charge in [-0.1, -0.05) is 0 Å². The lowest BCUT2D eigenvalue weighted by atomic mass is 10.0. The van der Waals surface area contributed by atoms with Crippen LogP contribution in [-0.2, 0) is 11.2 Å². The number of aliphatic hydroxyl groups is 1. The summed E-state index contributed by atoms with van der Waals surface area (Å²) in [5.41, 5.74) is 6.60. The molecule has 3 aliphatic heterocycles. The Kier molecular flexibility index (Phi) is 4.23. The van der Waals surface area contributed by atoms with Gasteiger partial charge in [-0.05, 0) is 19.9 Å². The highest BCUT2D eigenvalue weighted by Gasteiger charge is 2.33. The first kappa shape index (κ1) is 16.5. The Morgan fingerprint density at radius 2 is 1.96 bits per heavy atom. The maximum absolute atomic E-state index is 9.15. The molecule has 3 heterocycles. The minimum atomic E-state index is -0.166. The van der Waals surface area contributed by atoms with Crippen LogP contribution in [0.3, 0.4) is 0 Å². The molecule has 136 valence electrons. The Bertz CT molecular complexity index is 671. The Hall–Kier alpha value is -1.96. The van der Waals surface area contributed by atoms with Gasteiger partial charge in [-0.15, -0.1) is 5.53 Å². The molecule has 1 aromatic carbocycles. The molecule has 0 aromatic heterocycles. The number of morpholine rings is 1. The third-order valence-corrected chi connectivity index (χ3v) is 4.74. The van der Waals surface area contributed by atoms with E-state index in [0.717, 1.165) is 49.8 Å². The Balaban J connectivity index is 1.68. The number of rotatable bonds is 4. The number of β-amino-alcohol motifs (C(OH)–C–C–N with tert-alkyl or cyclic N) is 1. The van der Waals surface area contributed by atoms with Crippen LogP contribution in [0.1, 0.15) is 19.4 Å². The number of nitrogens with zero attached hydrogens (tertiary/aromatic N) is 3. The smallest absolute Gasteiger partial charge is 0.125 e. The molecule has 3 aliphatic rings. The summed E-state index contributed by atoms with van der Waals surface area (Å²) in [4.78, 5) is 2.35. The topological polar surface area (TPSA) is 60.4 Å². The van der Waals surface area contributed by atoms with Gasteiger partial charge in [0.15, 0.2) is 0 Å². The minimum absolute atomic E-state index is 0.105. The van der Waals surface area contributed by atoms with E-state index in [9.17, 15) is 0 Å². The van der Waals surface area contributed by atoms with Crippen LogP contribution in [0.2, 0.25) is 0 Å². The van der Waals surface area contributed by atoms with Gasteiger partial charge < -0.3 is 19.5 Å². The van der Waals surface area contributed by atoms with Crippen molar-refractivity contribution in [3.05, 3.63) is 30.1 Å². The van der Waals surface area contributed by atoms with Gasteiger partial charge in [0.2, 0.25) is 0 Å². The van der Waals surface area contributed by atoms with Crippen molar-refractivity contribution < 1.29 is 14.6 Å². The number of fused-ring (bicyclic) bond motifs is 1. The third kappa shape index (κ3) is 3.27. The van der Waals surface area contributed by atoms with E-state index in [2.05, 4.69) is 36.4 Å². The summed E-state index contributed by atoms with van der Waals surface area (Å²) in [5, 5.41) is 13.0. The molecule has 2 N–H and O–H groups in total. The molecule has 0 bridgehead atoms. The second-order valence-corrected chi connectivity index (χ2v) is 7.27. The van der Waals surface area contributed by atoms with E-state index >= 15 is 0 Å². The van der Waals surface area contributed by atoms with Crippen LogP contribution in [-0.4, -0.2) is 55.2 Å². The van der Waals surface area contributed by atoms with Crippen molar-refractivity contribution in [2.45, 2.75) is 25.9 Å². The molecular weight excluding hydrogens is 320 g/mol. The molecule has 7 heteroatoms. The quantitative estimate of drug-likeness (QED) is 0.851. The van der Waals surface area contributed by atoms with Crippen LogP contribution in [0.5, 0.6) is 5.75 Å². The molecule has 0 aliphatic carbocycles. The molecule has 1 aromatic rings. The van der Waals surface area contributed by atoms with Crippen molar-refractivity contribution in [1.82, 2.24) is 10.5 Å². The molecule has 0 spiro atoms. The van der Waals surface area contributed by atoms with E-state index in [-0.39, 0.29) is 12.2 Å². The second-order valence-electron chi connectivity index (χ2n) is 7.27. The van der Waals surface area contributed by atoms with Crippen LogP contribution in [0.25, 0.3) is 0 Å². The number of hydrogen-bond donors (Lipinski definition) is 2. The number of nitrogens with one attached hydrogen (secondary N) is 1. The number of anilines is 2. The van der Waals surface area contributed by atoms with Gasteiger partial charge in [0.05, 0.1) is 37.7 Å². The van der Waals surface area contributed by atoms with Gasteiger partial charge in [-0.3, -0.25) is 10.0 Å². The second kappa shape index (κ2) is 6.40. The Morgan fingerprint density at radius 1 is 1.16 bits per heavy atom. The van der Waals surface area contributed by atoms with Gasteiger partial charge >= 0.3 is 0 Å². The maximum Gasteiger partial charge on any atom is 0.125 e. The number of aliphatic hydroxyl groups excluding tert-OH is 1. The lowest BCUT2D eigenvalue weighted by Gasteiger charge is -2.33. The van der Waals surface area contributed by atoms with Crippen LogP contribution < -0.4 is 20.2 Å². The van der Waals surface area contributed by atoms with Crippen LogP contribution >= 0.6 is 0 Å². The number of benzene rings is 1. The fourth-order valence-corrected chi connectivity index (χ4v) is 3.60. The molecule has 7 nitrogen and oxygen atoms in total. The summed E-state index contributed by atoms with van der Waals surface area (Å²) in [6, 6.07) is 4.38. The predicted molar refractivity (Wildman–Crippen MR) is 96.4 cm³/mol. The first-order valence-electron chi connectivity index (χ1n) is 8.86. The van der Waals surface area contributed by atoms with Crippen molar-refractivity contribution >= 4 is 11.4 Å². The van der Waals surface area contributed by atoms with Gasteiger partial charge in [0, 0.05) is 43.5 Å². The van der Waals surface area contributed by atoms with Crippen molar-refractivity contribution in [3.8, 4) is 5.75 Å². The molecule has 1 fully saturated rings. The average molecular weight is 346 g/mol. The van der Waals surface area contributed by atoms with E-state index in [1.165, 1.54) is 5.56 Å². The largest absolute Gasteiger partial charge is 0.487 e. The van der Waals surface area contributed by atoms with Crippen molar-refractivity contribution in [1.29, 1.82) is 0 Å². The number of ether oxygens (including phenoxy) is 2.